The van der Waals surface area contributed by atoms with Crippen molar-refractivity contribution in [2.45, 2.75) is 44.7 Å². The molecule has 0 saturated carbocycles. The first-order valence-corrected chi connectivity index (χ1v) is 8.23. The smallest absolute Gasteiger partial charge is 0.243 e. The molecular formula is C13H20ClFN2O2S. The van der Waals surface area contributed by atoms with Crippen LogP contribution in [0.5, 0.6) is 0 Å². The van der Waals surface area contributed by atoms with E-state index in [2.05, 4.69) is 4.72 Å². The molecule has 7 heteroatoms. The highest BCUT2D eigenvalue weighted by molar-refractivity contribution is 7.89. The number of rotatable bonds is 6. The second-order valence-electron chi connectivity index (χ2n) is 5.23. The molecular weight excluding hydrogens is 303 g/mol. The first kappa shape index (κ1) is 17.4. The maximum absolute atomic E-state index is 14.1. The van der Waals surface area contributed by atoms with Crippen LogP contribution in [0.1, 0.15) is 32.8 Å². The van der Waals surface area contributed by atoms with Gasteiger partial charge in [0.15, 0.2) is 0 Å². The highest BCUT2D eigenvalue weighted by Crippen LogP contribution is 2.24. The van der Waals surface area contributed by atoms with Crippen LogP contribution in [0.3, 0.4) is 0 Å². The minimum absolute atomic E-state index is 0.0781. The van der Waals surface area contributed by atoms with Crippen molar-refractivity contribution in [3.63, 3.8) is 0 Å². The van der Waals surface area contributed by atoms with Gasteiger partial charge >= 0.3 is 0 Å². The number of sulfonamides is 1. The Bertz CT molecular complexity index is 576. The van der Waals surface area contributed by atoms with Crippen molar-refractivity contribution < 1.29 is 12.8 Å². The number of nitrogens with one attached hydrogen (secondary N) is 1. The normalized spacial score (nSPS) is 13.8. The van der Waals surface area contributed by atoms with Gasteiger partial charge in [-0.15, -0.1) is 0 Å². The van der Waals surface area contributed by atoms with E-state index < -0.39 is 20.7 Å². The molecule has 0 spiro atoms. The second kappa shape index (κ2) is 6.85. The van der Waals surface area contributed by atoms with Crippen LogP contribution in [-0.4, -0.2) is 14.5 Å². The lowest BCUT2D eigenvalue weighted by Gasteiger charge is -2.17. The van der Waals surface area contributed by atoms with E-state index >= 15 is 0 Å². The van der Waals surface area contributed by atoms with E-state index in [1.165, 1.54) is 6.07 Å². The predicted molar refractivity (Wildman–Crippen MR) is 78.5 cm³/mol. The monoisotopic (exact) mass is 322 g/mol. The average Bonchev–Trinajstić information content (AvgIpc) is 2.29. The predicted octanol–water partition coefficient (Wildman–Crippen LogP) is 2.65. The summed E-state index contributed by atoms with van der Waals surface area (Å²) in [6, 6.07) is 2.13. The third-order valence-corrected chi connectivity index (χ3v) is 4.58. The Morgan fingerprint density at radius 1 is 1.35 bits per heavy atom. The third-order valence-electron chi connectivity index (χ3n) is 2.77. The number of hydrogen-bond acceptors (Lipinski definition) is 3. The van der Waals surface area contributed by atoms with Crippen molar-refractivity contribution >= 4 is 21.6 Å². The van der Waals surface area contributed by atoms with Crippen LogP contribution in [0.25, 0.3) is 0 Å². The van der Waals surface area contributed by atoms with Crippen LogP contribution in [0.15, 0.2) is 17.0 Å². The number of halogens is 2. The molecule has 1 unspecified atom stereocenters. The fourth-order valence-electron chi connectivity index (χ4n) is 2.05. The molecule has 114 valence electrons. The standard InChI is InChI=1S/C13H20ClFN2O2S/c1-8(2)4-9(3)17-20(18,19)12-6-11(14)5-10(7-16)13(12)15/h5-6,8-9,17H,4,7,16H2,1-3H3. The molecule has 0 fully saturated rings. The SMILES string of the molecule is CC(C)CC(C)NS(=O)(=O)c1cc(Cl)cc(CN)c1F. The summed E-state index contributed by atoms with van der Waals surface area (Å²) in [5.74, 6) is -0.516. The van der Waals surface area contributed by atoms with Crippen LogP contribution in [-0.2, 0) is 16.6 Å². The summed E-state index contributed by atoms with van der Waals surface area (Å²) < 4.78 is 41.0. The van der Waals surface area contributed by atoms with E-state index in [0.29, 0.717) is 12.3 Å². The zero-order valence-electron chi connectivity index (χ0n) is 11.8. The molecule has 1 atom stereocenters. The van der Waals surface area contributed by atoms with E-state index in [9.17, 15) is 12.8 Å². The minimum atomic E-state index is -3.96. The summed E-state index contributed by atoms with van der Waals surface area (Å²) >= 11 is 5.81. The molecule has 1 aromatic carbocycles. The van der Waals surface area contributed by atoms with Gasteiger partial charge in [0.25, 0.3) is 0 Å². The van der Waals surface area contributed by atoms with Gasteiger partial charge in [-0.2, -0.15) is 0 Å². The molecule has 4 nitrogen and oxygen atoms in total. The molecule has 0 aliphatic rings. The largest absolute Gasteiger partial charge is 0.326 e. The summed E-state index contributed by atoms with van der Waals surface area (Å²) in [5, 5.41) is 0.142. The van der Waals surface area contributed by atoms with Crippen LogP contribution in [0.4, 0.5) is 4.39 Å². The van der Waals surface area contributed by atoms with E-state index in [0.717, 1.165) is 6.07 Å². The molecule has 0 aromatic heterocycles. The molecule has 3 N–H and O–H groups in total. The first-order valence-electron chi connectivity index (χ1n) is 6.37. The molecule has 1 rings (SSSR count). The summed E-state index contributed by atoms with van der Waals surface area (Å²) in [5.41, 5.74) is 5.46. The molecule has 0 aliphatic heterocycles. The van der Waals surface area contributed by atoms with Gasteiger partial charge in [-0.3, -0.25) is 0 Å². The molecule has 20 heavy (non-hydrogen) atoms. The zero-order chi connectivity index (χ0) is 15.5. The van der Waals surface area contributed by atoms with Gasteiger partial charge in [0.1, 0.15) is 10.7 Å². The Hall–Kier alpha value is -0.690. The topological polar surface area (TPSA) is 72.2 Å². The molecule has 0 aliphatic carbocycles. The molecule has 0 amide bonds. The second-order valence-corrected chi connectivity index (χ2v) is 7.35. The highest BCUT2D eigenvalue weighted by Gasteiger charge is 2.24. The highest BCUT2D eigenvalue weighted by atomic mass is 35.5. The molecule has 0 saturated heterocycles. The Morgan fingerprint density at radius 2 is 1.95 bits per heavy atom. The van der Waals surface area contributed by atoms with Crippen molar-refractivity contribution in [3.8, 4) is 0 Å². The Morgan fingerprint density at radius 3 is 2.45 bits per heavy atom. The van der Waals surface area contributed by atoms with Gasteiger partial charge in [0, 0.05) is 23.2 Å². The minimum Gasteiger partial charge on any atom is -0.326 e. The molecule has 0 bridgehead atoms. The van der Waals surface area contributed by atoms with Gasteiger partial charge in [0.05, 0.1) is 0 Å². The quantitative estimate of drug-likeness (QED) is 0.845. The fraction of sp³-hybridized carbons (Fsp3) is 0.538. The van der Waals surface area contributed by atoms with Crippen LogP contribution in [0, 0.1) is 11.7 Å². The van der Waals surface area contributed by atoms with Gasteiger partial charge in [-0.1, -0.05) is 25.4 Å². The van der Waals surface area contributed by atoms with E-state index in [1.807, 2.05) is 13.8 Å². The zero-order valence-corrected chi connectivity index (χ0v) is 13.4. The van der Waals surface area contributed by atoms with Crippen molar-refractivity contribution in [2.75, 3.05) is 0 Å². The van der Waals surface area contributed by atoms with Crippen molar-refractivity contribution in [2.24, 2.45) is 11.7 Å². The van der Waals surface area contributed by atoms with Crippen molar-refractivity contribution in [1.29, 1.82) is 0 Å². The summed E-state index contributed by atoms with van der Waals surface area (Å²) in [4.78, 5) is -0.457. The van der Waals surface area contributed by atoms with Gasteiger partial charge in [0.2, 0.25) is 10.0 Å². The van der Waals surface area contributed by atoms with Crippen LogP contribution in [0.2, 0.25) is 5.02 Å². The maximum atomic E-state index is 14.1. The summed E-state index contributed by atoms with van der Waals surface area (Å²) in [7, 11) is -3.96. The number of hydrogen-bond donors (Lipinski definition) is 2. The van der Waals surface area contributed by atoms with Gasteiger partial charge < -0.3 is 5.73 Å². The molecule has 1 aromatic rings. The van der Waals surface area contributed by atoms with Crippen LogP contribution < -0.4 is 10.5 Å². The average molecular weight is 323 g/mol. The molecule has 0 radical (unpaired) electrons. The fourth-order valence-corrected chi connectivity index (χ4v) is 3.75. The lowest BCUT2D eigenvalue weighted by atomic mass is 10.1. The first-order chi connectivity index (χ1) is 9.17. The van der Waals surface area contributed by atoms with E-state index in [-0.39, 0.29) is 23.2 Å². The number of nitrogens with two attached hydrogens (primary N) is 1. The molecule has 0 heterocycles. The van der Waals surface area contributed by atoms with Crippen molar-refractivity contribution in [1.82, 2.24) is 4.72 Å². The lowest BCUT2D eigenvalue weighted by Crippen LogP contribution is -2.34. The maximum Gasteiger partial charge on any atom is 0.243 e. The van der Waals surface area contributed by atoms with Crippen molar-refractivity contribution in [3.05, 3.63) is 28.5 Å². The summed E-state index contributed by atoms with van der Waals surface area (Å²) in [6.07, 6.45) is 0.658. The van der Waals surface area contributed by atoms with Gasteiger partial charge in [-0.05, 0) is 31.4 Å². The summed E-state index contributed by atoms with van der Waals surface area (Å²) in [6.45, 7) is 5.59. The van der Waals surface area contributed by atoms with Gasteiger partial charge in [-0.25, -0.2) is 17.5 Å². The third kappa shape index (κ3) is 4.41. The van der Waals surface area contributed by atoms with Crippen LogP contribution >= 0.6 is 11.6 Å². The van der Waals surface area contributed by atoms with E-state index in [1.54, 1.807) is 6.92 Å². The Labute approximate surface area is 124 Å². The lowest BCUT2D eigenvalue weighted by molar-refractivity contribution is 0.479. The number of benzene rings is 1. The van der Waals surface area contributed by atoms with E-state index in [4.69, 9.17) is 17.3 Å². The Balaban J connectivity index is 3.13. The Kier molecular flexibility index (Phi) is 5.94.